The van der Waals surface area contributed by atoms with E-state index in [4.69, 9.17) is 10.9 Å². The standard InChI is InChI=1S/C18H23N3O/c1-15(12-18(19)20-22)21(13-16-8-4-2-5-9-16)14-17-10-6-3-7-11-17/h2-11,15,22H,12-14H2,1H3,(H2,19,20). The Morgan fingerprint density at radius 1 is 1.00 bits per heavy atom. The van der Waals surface area contributed by atoms with Crippen LogP contribution in [0.3, 0.4) is 0 Å². The van der Waals surface area contributed by atoms with Crippen molar-refractivity contribution in [2.75, 3.05) is 0 Å². The summed E-state index contributed by atoms with van der Waals surface area (Å²) in [6.07, 6.45) is 0.538. The number of hydrogen-bond donors (Lipinski definition) is 2. The van der Waals surface area contributed by atoms with Crippen molar-refractivity contribution in [1.82, 2.24) is 4.90 Å². The Balaban J connectivity index is 2.12. The highest BCUT2D eigenvalue weighted by Crippen LogP contribution is 2.15. The minimum atomic E-state index is 0.177. The molecular weight excluding hydrogens is 274 g/mol. The molecule has 0 aliphatic heterocycles. The van der Waals surface area contributed by atoms with Crippen molar-refractivity contribution in [2.24, 2.45) is 10.9 Å². The van der Waals surface area contributed by atoms with E-state index in [1.807, 2.05) is 36.4 Å². The highest BCUT2D eigenvalue weighted by Gasteiger charge is 2.16. The van der Waals surface area contributed by atoms with E-state index in [0.29, 0.717) is 6.42 Å². The Morgan fingerprint density at radius 3 is 1.86 bits per heavy atom. The molecule has 0 saturated heterocycles. The zero-order valence-electron chi connectivity index (χ0n) is 12.9. The molecule has 0 amide bonds. The van der Waals surface area contributed by atoms with E-state index in [9.17, 15) is 0 Å². The summed E-state index contributed by atoms with van der Waals surface area (Å²) in [5.74, 6) is 0.263. The summed E-state index contributed by atoms with van der Waals surface area (Å²) in [6.45, 7) is 3.76. The fourth-order valence-electron chi connectivity index (χ4n) is 2.48. The third kappa shape index (κ3) is 4.90. The van der Waals surface area contributed by atoms with Gasteiger partial charge >= 0.3 is 0 Å². The van der Waals surface area contributed by atoms with E-state index in [-0.39, 0.29) is 11.9 Å². The van der Waals surface area contributed by atoms with Gasteiger partial charge in [0.15, 0.2) is 0 Å². The maximum absolute atomic E-state index is 8.79. The number of nitrogens with two attached hydrogens (primary N) is 1. The first kappa shape index (κ1) is 16.0. The second-order valence-electron chi connectivity index (χ2n) is 5.52. The van der Waals surface area contributed by atoms with Crippen LogP contribution in [0.25, 0.3) is 0 Å². The average molecular weight is 297 g/mol. The molecule has 1 unspecified atom stereocenters. The summed E-state index contributed by atoms with van der Waals surface area (Å²) in [5, 5.41) is 11.9. The first-order valence-corrected chi connectivity index (χ1v) is 7.47. The largest absolute Gasteiger partial charge is 0.409 e. The fourth-order valence-corrected chi connectivity index (χ4v) is 2.48. The van der Waals surface area contributed by atoms with Gasteiger partial charge in [-0.05, 0) is 18.1 Å². The van der Waals surface area contributed by atoms with Gasteiger partial charge in [0.05, 0.1) is 0 Å². The molecule has 0 spiro atoms. The van der Waals surface area contributed by atoms with E-state index in [2.05, 4.69) is 41.2 Å². The average Bonchev–Trinajstić information content (AvgIpc) is 2.56. The van der Waals surface area contributed by atoms with Crippen LogP contribution < -0.4 is 5.73 Å². The van der Waals surface area contributed by atoms with Crippen LogP contribution in [0.5, 0.6) is 0 Å². The Labute approximate surface area is 131 Å². The van der Waals surface area contributed by atoms with Crippen LogP contribution in [0, 0.1) is 0 Å². The predicted octanol–water partition coefficient (Wildman–Crippen LogP) is 3.21. The molecule has 0 radical (unpaired) electrons. The lowest BCUT2D eigenvalue weighted by atomic mass is 10.1. The van der Waals surface area contributed by atoms with Gasteiger partial charge in [0.1, 0.15) is 5.84 Å². The van der Waals surface area contributed by atoms with Crippen LogP contribution in [0.1, 0.15) is 24.5 Å². The molecule has 0 bridgehead atoms. The molecule has 4 nitrogen and oxygen atoms in total. The molecule has 0 aliphatic rings. The highest BCUT2D eigenvalue weighted by molar-refractivity contribution is 5.80. The number of rotatable bonds is 7. The molecule has 2 rings (SSSR count). The molecule has 0 aliphatic carbocycles. The molecule has 3 N–H and O–H groups in total. The van der Waals surface area contributed by atoms with Gasteiger partial charge in [-0.15, -0.1) is 0 Å². The number of hydrogen-bond acceptors (Lipinski definition) is 3. The van der Waals surface area contributed by atoms with Gasteiger partial charge < -0.3 is 10.9 Å². The zero-order chi connectivity index (χ0) is 15.8. The van der Waals surface area contributed by atoms with Crippen LogP contribution in [-0.2, 0) is 13.1 Å². The van der Waals surface area contributed by atoms with Gasteiger partial charge in [-0.25, -0.2) is 0 Å². The number of amidine groups is 1. The first-order chi connectivity index (χ1) is 10.7. The Morgan fingerprint density at radius 2 is 1.45 bits per heavy atom. The van der Waals surface area contributed by atoms with E-state index in [1.54, 1.807) is 0 Å². The second-order valence-corrected chi connectivity index (χ2v) is 5.52. The third-order valence-electron chi connectivity index (χ3n) is 3.71. The Kier molecular flexibility index (Phi) is 5.98. The van der Waals surface area contributed by atoms with Crippen LogP contribution in [0.2, 0.25) is 0 Å². The monoisotopic (exact) mass is 297 g/mol. The maximum atomic E-state index is 8.79. The highest BCUT2D eigenvalue weighted by atomic mass is 16.4. The van der Waals surface area contributed by atoms with E-state index in [1.165, 1.54) is 11.1 Å². The van der Waals surface area contributed by atoms with E-state index < -0.39 is 0 Å². The minimum absolute atomic E-state index is 0.177. The summed E-state index contributed by atoms with van der Waals surface area (Å²) in [4.78, 5) is 2.34. The molecule has 2 aromatic rings. The van der Waals surface area contributed by atoms with Crippen molar-refractivity contribution in [3.8, 4) is 0 Å². The lowest BCUT2D eigenvalue weighted by Gasteiger charge is -2.29. The molecule has 0 fully saturated rings. The molecule has 116 valence electrons. The van der Waals surface area contributed by atoms with Crippen LogP contribution in [0.4, 0.5) is 0 Å². The molecule has 22 heavy (non-hydrogen) atoms. The normalized spacial score (nSPS) is 13.3. The van der Waals surface area contributed by atoms with Crippen LogP contribution in [0.15, 0.2) is 65.8 Å². The molecular formula is C18H23N3O. The lowest BCUT2D eigenvalue weighted by molar-refractivity contribution is 0.193. The minimum Gasteiger partial charge on any atom is -0.409 e. The Hall–Kier alpha value is -2.33. The molecule has 4 heteroatoms. The van der Waals surface area contributed by atoms with Crippen LogP contribution in [-0.4, -0.2) is 22.0 Å². The van der Waals surface area contributed by atoms with Gasteiger partial charge in [-0.3, -0.25) is 4.90 Å². The fraction of sp³-hybridized carbons (Fsp3) is 0.278. The second kappa shape index (κ2) is 8.20. The summed E-state index contributed by atoms with van der Waals surface area (Å²) in [6, 6.07) is 20.9. The van der Waals surface area contributed by atoms with Crippen molar-refractivity contribution in [1.29, 1.82) is 0 Å². The van der Waals surface area contributed by atoms with E-state index >= 15 is 0 Å². The molecule has 2 aromatic carbocycles. The zero-order valence-corrected chi connectivity index (χ0v) is 12.9. The van der Waals surface area contributed by atoms with Crippen molar-refractivity contribution in [3.63, 3.8) is 0 Å². The summed E-state index contributed by atoms with van der Waals surface area (Å²) >= 11 is 0. The Bertz CT molecular complexity index is 542. The predicted molar refractivity (Wildman–Crippen MR) is 89.6 cm³/mol. The van der Waals surface area contributed by atoms with Gasteiger partial charge in [0, 0.05) is 25.6 Å². The summed E-state index contributed by atoms with van der Waals surface area (Å²) in [5.41, 5.74) is 8.18. The molecule has 0 aromatic heterocycles. The smallest absolute Gasteiger partial charge is 0.140 e. The van der Waals surface area contributed by atoms with Crippen LogP contribution >= 0.6 is 0 Å². The van der Waals surface area contributed by atoms with Crippen molar-refractivity contribution >= 4 is 5.84 Å². The quantitative estimate of drug-likeness (QED) is 0.357. The first-order valence-electron chi connectivity index (χ1n) is 7.47. The third-order valence-corrected chi connectivity index (χ3v) is 3.71. The van der Waals surface area contributed by atoms with E-state index in [0.717, 1.165) is 13.1 Å². The summed E-state index contributed by atoms with van der Waals surface area (Å²) in [7, 11) is 0. The van der Waals surface area contributed by atoms with Gasteiger partial charge in [0.25, 0.3) is 0 Å². The number of oxime groups is 1. The topological polar surface area (TPSA) is 61.9 Å². The van der Waals surface area contributed by atoms with Gasteiger partial charge in [0.2, 0.25) is 0 Å². The van der Waals surface area contributed by atoms with Crippen molar-refractivity contribution in [3.05, 3.63) is 71.8 Å². The van der Waals surface area contributed by atoms with Gasteiger partial charge in [-0.1, -0.05) is 65.8 Å². The summed E-state index contributed by atoms with van der Waals surface area (Å²) < 4.78 is 0. The van der Waals surface area contributed by atoms with Crippen molar-refractivity contribution in [2.45, 2.75) is 32.5 Å². The molecule has 0 heterocycles. The lowest BCUT2D eigenvalue weighted by Crippen LogP contribution is -2.35. The molecule has 1 atom stereocenters. The number of nitrogens with zero attached hydrogens (tertiary/aromatic N) is 2. The van der Waals surface area contributed by atoms with Crippen molar-refractivity contribution < 1.29 is 5.21 Å². The maximum Gasteiger partial charge on any atom is 0.140 e. The molecule has 0 saturated carbocycles. The van der Waals surface area contributed by atoms with Gasteiger partial charge in [-0.2, -0.15) is 0 Å². The SMILES string of the molecule is CC(C/C(N)=N/O)N(Cc1ccccc1)Cc1ccccc1. The number of benzene rings is 2.